The molecule has 0 aromatic heterocycles. The summed E-state index contributed by atoms with van der Waals surface area (Å²) in [5.41, 5.74) is 0. The Bertz CT molecular complexity index is 190. The molecule has 1 amide bonds. The molecule has 1 aliphatic heterocycles. The number of carbonyl (C=O) groups is 1. The summed E-state index contributed by atoms with van der Waals surface area (Å²) in [6.45, 7) is 8.52. The van der Waals surface area contributed by atoms with Gasteiger partial charge >= 0.3 is 0 Å². The van der Waals surface area contributed by atoms with Gasteiger partial charge in [0.05, 0.1) is 6.54 Å². The zero-order valence-corrected chi connectivity index (χ0v) is 9.88. The Kier molecular flexibility index (Phi) is 5.65. The van der Waals surface area contributed by atoms with Crippen molar-refractivity contribution in [3.63, 3.8) is 0 Å². The number of hydrogen-bond acceptors (Lipinski definition) is 3. The van der Waals surface area contributed by atoms with Crippen molar-refractivity contribution >= 4 is 5.91 Å². The van der Waals surface area contributed by atoms with Crippen molar-refractivity contribution in [1.82, 2.24) is 15.5 Å². The molecule has 0 spiro atoms. The van der Waals surface area contributed by atoms with Crippen LogP contribution in [0.15, 0.2) is 0 Å². The van der Waals surface area contributed by atoms with E-state index in [9.17, 15) is 4.79 Å². The Balaban J connectivity index is 2.38. The molecule has 0 aliphatic carbocycles. The molecule has 0 radical (unpaired) electrons. The standard InChI is InChI=1S/C11H23N3O/c1-3-7-14(9-11(15)13-4-2)10-5-6-12-8-10/h10,12H,3-9H2,1-2H3,(H,13,15). The van der Waals surface area contributed by atoms with Gasteiger partial charge in [0.25, 0.3) is 0 Å². The Hall–Kier alpha value is -0.610. The fourth-order valence-corrected chi connectivity index (χ4v) is 2.07. The second-order valence-corrected chi connectivity index (χ2v) is 4.07. The van der Waals surface area contributed by atoms with Gasteiger partial charge in [-0.05, 0) is 32.9 Å². The van der Waals surface area contributed by atoms with Gasteiger partial charge in [0, 0.05) is 19.1 Å². The summed E-state index contributed by atoms with van der Waals surface area (Å²) in [6, 6.07) is 0.549. The molecule has 15 heavy (non-hydrogen) atoms. The SMILES string of the molecule is CCCN(CC(=O)NCC)C1CCNC1. The van der Waals surface area contributed by atoms with E-state index in [1.54, 1.807) is 0 Å². The molecule has 4 heteroatoms. The minimum atomic E-state index is 0.151. The van der Waals surface area contributed by atoms with Crippen molar-refractivity contribution in [3.8, 4) is 0 Å². The highest BCUT2D eigenvalue weighted by atomic mass is 16.2. The first-order chi connectivity index (χ1) is 7.27. The topological polar surface area (TPSA) is 44.4 Å². The normalized spacial score (nSPS) is 20.9. The van der Waals surface area contributed by atoms with Crippen molar-refractivity contribution in [1.29, 1.82) is 0 Å². The number of carbonyl (C=O) groups excluding carboxylic acids is 1. The van der Waals surface area contributed by atoms with E-state index in [-0.39, 0.29) is 5.91 Å². The van der Waals surface area contributed by atoms with Crippen molar-refractivity contribution in [2.24, 2.45) is 0 Å². The third-order valence-corrected chi connectivity index (χ3v) is 2.78. The smallest absolute Gasteiger partial charge is 0.234 e. The van der Waals surface area contributed by atoms with Gasteiger partial charge in [0.2, 0.25) is 5.91 Å². The Morgan fingerprint density at radius 3 is 2.87 bits per heavy atom. The zero-order chi connectivity index (χ0) is 11.1. The molecule has 1 unspecified atom stereocenters. The van der Waals surface area contributed by atoms with E-state index in [0.29, 0.717) is 12.6 Å². The first-order valence-corrected chi connectivity index (χ1v) is 5.99. The molecule has 0 bridgehead atoms. The van der Waals surface area contributed by atoms with Gasteiger partial charge in [-0.1, -0.05) is 6.92 Å². The largest absolute Gasteiger partial charge is 0.355 e. The number of nitrogens with zero attached hydrogens (tertiary/aromatic N) is 1. The molecule has 0 aromatic rings. The summed E-state index contributed by atoms with van der Waals surface area (Å²) in [4.78, 5) is 13.8. The van der Waals surface area contributed by atoms with Gasteiger partial charge in [-0.25, -0.2) is 0 Å². The summed E-state index contributed by atoms with van der Waals surface area (Å²) in [6.07, 6.45) is 2.27. The lowest BCUT2D eigenvalue weighted by atomic mass is 10.2. The lowest BCUT2D eigenvalue weighted by Crippen LogP contribution is -2.44. The summed E-state index contributed by atoms with van der Waals surface area (Å²) in [5.74, 6) is 0.151. The van der Waals surface area contributed by atoms with E-state index >= 15 is 0 Å². The molecule has 1 saturated heterocycles. The molecule has 88 valence electrons. The van der Waals surface area contributed by atoms with Crippen LogP contribution in [0, 0.1) is 0 Å². The molecule has 1 heterocycles. The number of hydrogen-bond donors (Lipinski definition) is 2. The van der Waals surface area contributed by atoms with Crippen LogP contribution < -0.4 is 10.6 Å². The molecule has 0 saturated carbocycles. The number of likely N-dealkylation sites (N-methyl/N-ethyl adjacent to an activating group) is 1. The van der Waals surface area contributed by atoms with Crippen molar-refractivity contribution in [3.05, 3.63) is 0 Å². The van der Waals surface area contributed by atoms with Crippen LogP contribution in [-0.4, -0.2) is 49.6 Å². The maximum atomic E-state index is 11.5. The third kappa shape index (κ3) is 4.18. The molecular weight excluding hydrogens is 190 g/mol. The lowest BCUT2D eigenvalue weighted by molar-refractivity contribution is -0.122. The van der Waals surface area contributed by atoms with Gasteiger partial charge in [-0.3, -0.25) is 9.69 Å². The first kappa shape index (κ1) is 12.5. The molecule has 2 N–H and O–H groups in total. The van der Waals surface area contributed by atoms with E-state index in [2.05, 4.69) is 22.5 Å². The molecule has 1 rings (SSSR count). The van der Waals surface area contributed by atoms with Gasteiger partial charge in [0.15, 0.2) is 0 Å². The van der Waals surface area contributed by atoms with E-state index in [1.165, 1.54) is 6.42 Å². The van der Waals surface area contributed by atoms with Crippen LogP contribution in [0.1, 0.15) is 26.7 Å². The van der Waals surface area contributed by atoms with E-state index in [4.69, 9.17) is 0 Å². The fraction of sp³-hybridized carbons (Fsp3) is 0.909. The number of amides is 1. The van der Waals surface area contributed by atoms with Crippen molar-refractivity contribution in [2.75, 3.05) is 32.7 Å². The van der Waals surface area contributed by atoms with Crippen LogP contribution >= 0.6 is 0 Å². The maximum absolute atomic E-state index is 11.5. The van der Waals surface area contributed by atoms with Gasteiger partial charge in [-0.2, -0.15) is 0 Å². The first-order valence-electron chi connectivity index (χ1n) is 5.99. The summed E-state index contributed by atoms with van der Waals surface area (Å²) in [7, 11) is 0. The molecule has 1 aliphatic rings. The quantitative estimate of drug-likeness (QED) is 0.662. The number of nitrogens with one attached hydrogen (secondary N) is 2. The molecule has 1 fully saturated rings. The molecule has 0 aromatic carbocycles. The maximum Gasteiger partial charge on any atom is 0.234 e. The Labute approximate surface area is 92.4 Å². The van der Waals surface area contributed by atoms with Crippen LogP contribution in [0.2, 0.25) is 0 Å². The second-order valence-electron chi connectivity index (χ2n) is 4.07. The van der Waals surface area contributed by atoms with Crippen LogP contribution in [0.5, 0.6) is 0 Å². The minimum Gasteiger partial charge on any atom is -0.355 e. The van der Waals surface area contributed by atoms with E-state index in [1.807, 2.05) is 6.92 Å². The predicted molar refractivity (Wildman–Crippen MR) is 61.8 cm³/mol. The van der Waals surface area contributed by atoms with E-state index in [0.717, 1.165) is 32.6 Å². The third-order valence-electron chi connectivity index (χ3n) is 2.78. The van der Waals surface area contributed by atoms with Crippen LogP contribution in [0.4, 0.5) is 0 Å². The highest BCUT2D eigenvalue weighted by molar-refractivity contribution is 5.77. The van der Waals surface area contributed by atoms with Crippen LogP contribution in [-0.2, 0) is 4.79 Å². The summed E-state index contributed by atoms with van der Waals surface area (Å²) in [5, 5.41) is 6.20. The molecular formula is C11H23N3O. The lowest BCUT2D eigenvalue weighted by Gasteiger charge is -2.27. The fourth-order valence-electron chi connectivity index (χ4n) is 2.07. The van der Waals surface area contributed by atoms with Gasteiger partial charge in [0.1, 0.15) is 0 Å². The highest BCUT2D eigenvalue weighted by Crippen LogP contribution is 2.08. The number of rotatable bonds is 6. The molecule has 4 nitrogen and oxygen atoms in total. The van der Waals surface area contributed by atoms with Gasteiger partial charge in [-0.15, -0.1) is 0 Å². The van der Waals surface area contributed by atoms with Crippen molar-refractivity contribution < 1.29 is 4.79 Å². The zero-order valence-electron chi connectivity index (χ0n) is 9.88. The monoisotopic (exact) mass is 213 g/mol. The van der Waals surface area contributed by atoms with Gasteiger partial charge < -0.3 is 10.6 Å². The Morgan fingerprint density at radius 1 is 1.53 bits per heavy atom. The second kappa shape index (κ2) is 6.80. The predicted octanol–water partition coefficient (Wildman–Crippen LogP) is 0.196. The van der Waals surface area contributed by atoms with E-state index < -0.39 is 0 Å². The minimum absolute atomic E-state index is 0.151. The Morgan fingerprint density at radius 2 is 2.33 bits per heavy atom. The molecule has 1 atom stereocenters. The highest BCUT2D eigenvalue weighted by Gasteiger charge is 2.22. The van der Waals surface area contributed by atoms with Crippen LogP contribution in [0.3, 0.4) is 0 Å². The summed E-state index contributed by atoms with van der Waals surface area (Å²) < 4.78 is 0. The van der Waals surface area contributed by atoms with Crippen LogP contribution in [0.25, 0.3) is 0 Å². The summed E-state index contributed by atoms with van der Waals surface area (Å²) >= 11 is 0. The average Bonchev–Trinajstić information content (AvgIpc) is 2.70. The van der Waals surface area contributed by atoms with Crippen molar-refractivity contribution in [2.45, 2.75) is 32.7 Å². The average molecular weight is 213 g/mol.